The SMILES string of the molecule is C#CCNC1CCOC1C#N. The second-order valence-corrected chi connectivity index (χ2v) is 2.40. The quantitative estimate of drug-likeness (QED) is 0.559. The topological polar surface area (TPSA) is 45.0 Å². The van der Waals surface area contributed by atoms with E-state index in [2.05, 4.69) is 17.3 Å². The first kappa shape index (κ1) is 8.07. The van der Waals surface area contributed by atoms with Crippen molar-refractivity contribution in [3.63, 3.8) is 0 Å². The van der Waals surface area contributed by atoms with E-state index in [0.717, 1.165) is 6.42 Å². The van der Waals surface area contributed by atoms with Crippen molar-refractivity contribution < 1.29 is 4.74 Å². The molecular formula is C8H10N2O. The Morgan fingerprint density at radius 3 is 3.18 bits per heavy atom. The summed E-state index contributed by atoms with van der Waals surface area (Å²) < 4.78 is 5.12. The highest BCUT2D eigenvalue weighted by molar-refractivity contribution is 4.99. The molecule has 58 valence electrons. The van der Waals surface area contributed by atoms with Crippen LogP contribution in [0, 0.1) is 23.7 Å². The van der Waals surface area contributed by atoms with Crippen LogP contribution in [0.2, 0.25) is 0 Å². The van der Waals surface area contributed by atoms with E-state index in [9.17, 15) is 0 Å². The Kier molecular flexibility index (Phi) is 2.92. The molecule has 0 spiro atoms. The maximum Gasteiger partial charge on any atom is 0.159 e. The molecule has 1 saturated heterocycles. The van der Waals surface area contributed by atoms with E-state index in [1.807, 2.05) is 0 Å². The number of rotatable bonds is 2. The fourth-order valence-corrected chi connectivity index (χ4v) is 1.12. The van der Waals surface area contributed by atoms with Crippen LogP contribution in [0.4, 0.5) is 0 Å². The van der Waals surface area contributed by atoms with Gasteiger partial charge in [0.05, 0.1) is 19.2 Å². The van der Waals surface area contributed by atoms with Gasteiger partial charge in [0.15, 0.2) is 6.10 Å². The van der Waals surface area contributed by atoms with Crippen molar-refractivity contribution in [2.24, 2.45) is 0 Å². The number of ether oxygens (including phenoxy) is 1. The van der Waals surface area contributed by atoms with E-state index in [1.54, 1.807) is 0 Å². The molecule has 1 fully saturated rings. The molecule has 0 aromatic rings. The van der Waals surface area contributed by atoms with Crippen LogP contribution in [-0.4, -0.2) is 25.3 Å². The van der Waals surface area contributed by atoms with Gasteiger partial charge in [-0.1, -0.05) is 5.92 Å². The van der Waals surface area contributed by atoms with Crippen LogP contribution in [0.1, 0.15) is 6.42 Å². The van der Waals surface area contributed by atoms with E-state index in [1.165, 1.54) is 0 Å². The highest BCUT2D eigenvalue weighted by atomic mass is 16.5. The normalized spacial score (nSPS) is 29.3. The average Bonchev–Trinajstić information content (AvgIpc) is 2.47. The fraction of sp³-hybridized carbons (Fsp3) is 0.625. The summed E-state index contributed by atoms with van der Waals surface area (Å²) in [5, 5.41) is 11.6. The second-order valence-electron chi connectivity index (χ2n) is 2.40. The Morgan fingerprint density at radius 1 is 1.73 bits per heavy atom. The lowest BCUT2D eigenvalue weighted by Crippen LogP contribution is -2.35. The molecule has 2 unspecified atom stereocenters. The van der Waals surface area contributed by atoms with Gasteiger partial charge in [-0.3, -0.25) is 5.32 Å². The van der Waals surface area contributed by atoms with Gasteiger partial charge in [-0.15, -0.1) is 6.42 Å². The number of nitriles is 1. The Labute approximate surface area is 66.3 Å². The third-order valence-electron chi connectivity index (χ3n) is 1.69. The van der Waals surface area contributed by atoms with Crippen molar-refractivity contribution in [2.45, 2.75) is 18.6 Å². The average molecular weight is 150 g/mol. The van der Waals surface area contributed by atoms with E-state index in [0.29, 0.717) is 13.2 Å². The van der Waals surface area contributed by atoms with Crippen LogP contribution < -0.4 is 5.32 Å². The molecule has 1 rings (SSSR count). The fourth-order valence-electron chi connectivity index (χ4n) is 1.12. The molecule has 2 atom stereocenters. The molecule has 0 bridgehead atoms. The van der Waals surface area contributed by atoms with Gasteiger partial charge >= 0.3 is 0 Å². The van der Waals surface area contributed by atoms with Crippen molar-refractivity contribution in [3.8, 4) is 18.4 Å². The molecule has 1 heterocycles. The summed E-state index contributed by atoms with van der Waals surface area (Å²) in [5.41, 5.74) is 0. The van der Waals surface area contributed by atoms with Crippen molar-refractivity contribution >= 4 is 0 Å². The minimum atomic E-state index is -0.316. The molecule has 0 saturated carbocycles. The Bertz CT molecular complexity index is 201. The summed E-state index contributed by atoms with van der Waals surface area (Å²) in [7, 11) is 0. The highest BCUT2D eigenvalue weighted by Crippen LogP contribution is 2.11. The van der Waals surface area contributed by atoms with Gasteiger partial charge in [0.1, 0.15) is 0 Å². The number of terminal acetylenes is 1. The molecule has 3 heteroatoms. The lowest BCUT2D eigenvalue weighted by Gasteiger charge is -2.10. The largest absolute Gasteiger partial charge is 0.362 e. The van der Waals surface area contributed by atoms with Gasteiger partial charge in [0.25, 0.3) is 0 Å². The van der Waals surface area contributed by atoms with Crippen molar-refractivity contribution in [2.75, 3.05) is 13.2 Å². The van der Waals surface area contributed by atoms with E-state index >= 15 is 0 Å². The second kappa shape index (κ2) is 3.98. The Morgan fingerprint density at radius 2 is 2.55 bits per heavy atom. The van der Waals surface area contributed by atoms with Crippen molar-refractivity contribution in [3.05, 3.63) is 0 Å². The van der Waals surface area contributed by atoms with Crippen LogP contribution in [0.25, 0.3) is 0 Å². The predicted octanol–water partition coefficient (Wildman–Crippen LogP) is -0.110. The maximum absolute atomic E-state index is 8.57. The molecule has 0 aliphatic carbocycles. The first-order valence-electron chi connectivity index (χ1n) is 3.56. The Balaban J connectivity index is 2.34. The van der Waals surface area contributed by atoms with Gasteiger partial charge in [-0.05, 0) is 6.42 Å². The molecular weight excluding hydrogens is 140 g/mol. The van der Waals surface area contributed by atoms with Crippen LogP contribution in [0.5, 0.6) is 0 Å². The van der Waals surface area contributed by atoms with E-state index in [4.69, 9.17) is 16.4 Å². The monoisotopic (exact) mass is 150 g/mol. The zero-order valence-corrected chi connectivity index (χ0v) is 6.21. The highest BCUT2D eigenvalue weighted by Gasteiger charge is 2.26. The van der Waals surface area contributed by atoms with Gasteiger partial charge in [-0.2, -0.15) is 5.26 Å². The van der Waals surface area contributed by atoms with Crippen LogP contribution >= 0.6 is 0 Å². The molecule has 0 aromatic heterocycles. The molecule has 1 aliphatic rings. The summed E-state index contributed by atoms with van der Waals surface area (Å²) in [6, 6.07) is 2.19. The van der Waals surface area contributed by atoms with E-state index in [-0.39, 0.29) is 12.1 Å². The first-order chi connectivity index (χ1) is 5.38. The van der Waals surface area contributed by atoms with Crippen molar-refractivity contribution in [1.82, 2.24) is 5.32 Å². The van der Waals surface area contributed by atoms with E-state index < -0.39 is 0 Å². The predicted molar refractivity (Wildman–Crippen MR) is 40.6 cm³/mol. The molecule has 0 amide bonds. The summed E-state index contributed by atoms with van der Waals surface area (Å²) in [4.78, 5) is 0. The van der Waals surface area contributed by atoms with Gasteiger partial charge < -0.3 is 4.74 Å². The minimum Gasteiger partial charge on any atom is -0.362 e. The van der Waals surface area contributed by atoms with Gasteiger partial charge in [0.2, 0.25) is 0 Å². The minimum absolute atomic E-state index is 0.121. The number of hydrogen-bond acceptors (Lipinski definition) is 3. The van der Waals surface area contributed by atoms with Crippen LogP contribution in [-0.2, 0) is 4.74 Å². The smallest absolute Gasteiger partial charge is 0.159 e. The molecule has 1 aliphatic heterocycles. The lowest BCUT2D eigenvalue weighted by molar-refractivity contribution is 0.140. The standard InChI is InChI=1S/C8H10N2O/c1-2-4-10-7-3-5-11-8(7)6-9/h1,7-8,10H,3-5H2. The summed E-state index contributed by atoms with van der Waals surface area (Å²) >= 11 is 0. The van der Waals surface area contributed by atoms with Crippen LogP contribution in [0.3, 0.4) is 0 Å². The summed E-state index contributed by atoms with van der Waals surface area (Å²) in [6.07, 6.45) is 5.62. The van der Waals surface area contributed by atoms with Crippen LogP contribution in [0.15, 0.2) is 0 Å². The van der Waals surface area contributed by atoms with Gasteiger partial charge in [-0.25, -0.2) is 0 Å². The maximum atomic E-state index is 8.57. The lowest BCUT2D eigenvalue weighted by atomic mass is 10.1. The zero-order valence-electron chi connectivity index (χ0n) is 6.21. The number of hydrogen-bond donors (Lipinski definition) is 1. The zero-order chi connectivity index (χ0) is 8.10. The molecule has 0 radical (unpaired) electrons. The third-order valence-corrected chi connectivity index (χ3v) is 1.69. The van der Waals surface area contributed by atoms with Crippen molar-refractivity contribution in [1.29, 1.82) is 5.26 Å². The molecule has 0 aromatic carbocycles. The number of nitrogens with zero attached hydrogens (tertiary/aromatic N) is 1. The first-order valence-corrected chi connectivity index (χ1v) is 3.56. The molecule has 11 heavy (non-hydrogen) atoms. The third kappa shape index (κ3) is 1.94. The summed E-state index contributed by atoms with van der Waals surface area (Å²) in [6.45, 7) is 1.16. The molecule has 3 nitrogen and oxygen atoms in total. The number of nitrogens with one attached hydrogen (secondary N) is 1. The molecule has 1 N–H and O–H groups in total. The van der Waals surface area contributed by atoms with Gasteiger partial charge in [0, 0.05) is 6.04 Å². The Hall–Kier alpha value is -1.03. The summed E-state index contributed by atoms with van der Waals surface area (Å²) in [5.74, 6) is 2.46.